The van der Waals surface area contributed by atoms with Gasteiger partial charge in [0.05, 0.1) is 17.8 Å². The molecule has 9 nitrogen and oxygen atoms in total. The van der Waals surface area contributed by atoms with Crippen LogP contribution in [0.3, 0.4) is 0 Å². The Balaban J connectivity index is 1.54. The zero-order valence-electron chi connectivity index (χ0n) is 15.6. The van der Waals surface area contributed by atoms with E-state index in [0.29, 0.717) is 17.2 Å². The Kier molecular flexibility index (Phi) is 4.74. The van der Waals surface area contributed by atoms with Gasteiger partial charge in [-0.3, -0.25) is 23.8 Å². The number of H-pyrrole nitrogens is 1. The summed E-state index contributed by atoms with van der Waals surface area (Å²) in [4.78, 5) is 41.2. The SMILES string of the molecule is Cn1c(=O)c2c(CC(=O)Nc3nc(C4=CCC(F)C=C4)cs3)n[nH]c2n(C)c1=O. The molecule has 150 valence electrons. The number of aryl methyl sites for hydroxylation is 1. The van der Waals surface area contributed by atoms with Gasteiger partial charge in [-0.15, -0.1) is 11.3 Å². The van der Waals surface area contributed by atoms with E-state index < -0.39 is 23.3 Å². The molecule has 0 aliphatic heterocycles. The fraction of sp³-hybridized carbons (Fsp3) is 0.278. The number of thiazole rings is 1. The van der Waals surface area contributed by atoms with Crippen LogP contribution in [-0.4, -0.2) is 36.4 Å². The topological polar surface area (TPSA) is 115 Å². The molecule has 1 aliphatic carbocycles. The summed E-state index contributed by atoms with van der Waals surface area (Å²) < 4.78 is 15.4. The van der Waals surface area contributed by atoms with Crippen molar-refractivity contribution in [3.05, 3.63) is 55.8 Å². The molecule has 0 fully saturated rings. The number of allylic oxidation sites excluding steroid dienone is 4. The molecule has 1 amide bonds. The van der Waals surface area contributed by atoms with Crippen LogP contribution in [0.25, 0.3) is 16.6 Å². The standard InChI is InChI=1S/C18H17FN6O3S/c1-24-15-14(16(27)25(2)18(24)28)11(22-23-15)7-13(26)21-17-20-12(8-29-17)9-3-5-10(19)6-4-9/h3-5,8,10H,6-7H2,1-2H3,(H,22,23)(H,20,21,26). The van der Waals surface area contributed by atoms with Gasteiger partial charge in [0.2, 0.25) is 5.91 Å². The van der Waals surface area contributed by atoms with Gasteiger partial charge in [0, 0.05) is 25.9 Å². The zero-order chi connectivity index (χ0) is 20.7. The molecule has 0 saturated carbocycles. The highest BCUT2D eigenvalue weighted by molar-refractivity contribution is 7.14. The maximum Gasteiger partial charge on any atom is 0.332 e. The number of amides is 1. The molecular formula is C18H17FN6O3S. The van der Waals surface area contributed by atoms with E-state index >= 15 is 0 Å². The van der Waals surface area contributed by atoms with Crippen molar-refractivity contribution in [3.63, 3.8) is 0 Å². The number of aromatic amines is 1. The lowest BCUT2D eigenvalue weighted by molar-refractivity contribution is -0.115. The molecule has 4 rings (SSSR count). The third-order valence-corrected chi connectivity index (χ3v) is 5.43. The van der Waals surface area contributed by atoms with Crippen LogP contribution in [0.15, 0.2) is 33.2 Å². The molecule has 1 unspecified atom stereocenters. The third kappa shape index (κ3) is 3.44. The van der Waals surface area contributed by atoms with Crippen LogP contribution >= 0.6 is 11.3 Å². The average molecular weight is 416 g/mol. The second-order valence-electron chi connectivity index (χ2n) is 6.63. The Labute approximate surface area is 167 Å². The van der Waals surface area contributed by atoms with Crippen molar-refractivity contribution in [1.29, 1.82) is 0 Å². The summed E-state index contributed by atoms with van der Waals surface area (Å²) >= 11 is 1.25. The number of anilines is 1. The highest BCUT2D eigenvalue weighted by Crippen LogP contribution is 2.26. The first kappa shape index (κ1) is 19.0. The molecule has 0 spiro atoms. The Morgan fingerprint density at radius 3 is 2.90 bits per heavy atom. The number of carbonyl (C=O) groups is 1. The lowest BCUT2D eigenvalue weighted by Gasteiger charge is -2.07. The third-order valence-electron chi connectivity index (χ3n) is 4.67. The van der Waals surface area contributed by atoms with Gasteiger partial charge in [-0.05, 0) is 11.6 Å². The molecular weight excluding hydrogens is 399 g/mol. The van der Waals surface area contributed by atoms with Gasteiger partial charge in [0.25, 0.3) is 5.56 Å². The first-order valence-electron chi connectivity index (χ1n) is 8.76. The number of nitrogens with one attached hydrogen (secondary N) is 2. The molecule has 3 aromatic rings. The maximum absolute atomic E-state index is 13.2. The van der Waals surface area contributed by atoms with E-state index in [4.69, 9.17) is 0 Å². The molecule has 0 aromatic carbocycles. The quantitative estimate of drug-likeness (QED) is 0.665. The van der Waals surface area contributed by atoms with Crippen LogP contribution in [0, 0.1) is 0 Å². The summed E-state index contributed by atoms with van der Waals surface area (Å²) in [5.74, 6) is -0.396. The van der Waals surface area contributed by atoms with Crippen molar-refractivity contribution in [1.82, 2.24) is 24.3 Å². The van der Waals surface area contributed by atoms with Crippen molar-refractivity contribution >= 4 is 39.0 Å². The Bertz CT molecular complexity index is 1300. The fourth-order valence-corrected chi connectivity index (χ4v) is 3.84. The fourth-order valence-electron chi connectivity index (χ4n) is 3.10. The lowest BCUT2D eigenvalue weighted by Crippen LogP contribution is -2.37. The summed E-state index contributed by atoms with van der Waals surface area (Å²) in [6, 6.07) is 0. The molecule has 2 N–H and O–H groups in total. The van der Waals surface area contributed by atoms with E-state index in [1.165, 1.54) is 36.1 Å². The van der Waals surface area contributed by atoms with E-state index in [1.807, 2.05) is 0 Å². The summed E-state index contributed by atoms with van der Waals surface area (Å²) in [5.41, 5.74) is 0.971. The van der Waals surface area contributed by atoms with E-state index in [0.717, 1.165) is 10.1 Å². The molecule has 0 bridgehead atoms. The number of alkyl halides is 1. The first-order chi connectivity index (χ1) is 13.8. The first-order valence-corrected chi connectivity index (χ1v) is 9.64. The van der Waals surface area contributed by atoms with Crippen LogP contribution in [0.1, 0.15) is 17.8 Å². The number of halogens is 1. The van der Waals surface area contributed by atoms with Crippen molar-refractivity contribution in [2.45, 2.75) is 19.0 Å². The van der Waals surface area contributed by atoms with Crippen LogP contribution < -0.4 is 16.6 Å². The Hall–Kier alpha value is -3.34. The molecule has 11 heteroatoms. The Morgan fingerprint density at radius 1 is 1.38 bits per heavy atom. The summed E-state index contributed by atoms with van der Waals surface area (Å²) in [5, 5.41) is 11.7. The largest absolute Gasteiger partial charge is 0.332 e. The van der Waals surface area contributed by atoms with Gasteiger partial charge in [0.15, 0.2) is 5.13 Å². The zero-order valence-corrected chi connectivity index (χ0v) is 16.4. The van der Waals surface area contributed by atoms with Crippen LogP contribution in [0.5, 0.6) is 0 Å². The number of nitrogens with zero attached hydrogens (tertiary/aromatic N) is 4. The predicted molar refractivity (Wildman–Crippen MR) is 108 cm³/mol. The van der Waals surface area contributed by atoms with E-state index in [-0.39, 0.29) is 23.1 Å². The summed E-state index contributed by atoms with van der Waals surface area (Å²) in [6.07, 6.45) is 4.07. The number of hydrogen-bond acceptors (Lipinski definition) is 6. The van der Waals surface area contributed by atoms with Gasteiger partial charge in [-0.25, -0.2) is 14.2 Å². The monoisotopic (exact) mass is 416 g/mol. The van der Waals surface area contributed by atoms with E-state index in [9.17, 15) is 18.8 Å². The van der Waals surface area contributed by atoms with Crippen LogP contribution in [0.2, 0.25) is 0 Å². The van der Waals surface area contributed by atoms with Crippen molar-refractivity contribution < 1.29 is 9.18 Å². The van der Waals surface area contributed by atoms with Crippen molar-refractivity contribution in [2.24, 2.45) is 14.1 Å². The van der Waals surface area contributed by atoms with Gasteiger partial charge >= 0.3 is 5.69 Å². The summed E-state index contributed by atoms with van der Waals surface area (Å²) in [6.45, 7) is 0. The van der Waals surface area contributed by atoms with Gasteiger partial charge in [0.1, 0.15) is 17.2 Å². The molecule has 1 aliphatic rings. The van der Waals surface area contributed by atoms with E-state index in [1.54, 1.807) is 17.5 Å². The van der Waals surface area contributed by atoms with Crippen molar-refractivity contribution in [2.75, 3.05) is 5.32 Å². The lowest BCUT2D eigenvalue weighted by atomic mass is 10.0. The van der Waals surface area contributed by atoms with Gasteiger partial charge in [-0.1, -0.05) is 12.2 Å². The second kappa shape index (κ2) is 7.24. The summed E-state index contributed by atoms with van der Waals surface area (Å²) in [7, 11) is 2.89. The van der Waals surface area contributed by atoms with Crippen LogP contribution in [-0.2, 0) is 25.3 Å². The highest BCUT2D eigenvalue weighted by atomic mass is 32.1. The Morgan fingerprint density at radius 2 is 2.17 bits per heavy atom. The molecule has 0 radical (unpaired) electrons. The molecule has 3 heterocycles. The number of rotatable bonds is 4. The molecule has 1 atom stereocenters. The normalized spacial score (nSPS) is 16.2. The van der Waals surface area contributed by atoms with Gasteiger partial charge in [-0.2, -0.15) is 5.10 Å². The molecule has 0 saturated heterocycles. The minimum absolute atomic E-state index is 0.158. The number of hydrogen-bond donors (Lipinski definition) is 2. The number of aromatic nitrogens is 5. The average Bonchev–Trinajstić information content (AvgIpc) is 3.32. The predicted octanol–water partition coefficient (Wildman–Crippen LogP) is 1.28. The van der Waals surface area contributed by atoms with Crippen molar-refractivity contribution in [3.8, 4) is 0 Å². The van der Waals surface area contributed by atoms with E-state index in [2.05, 4.69) is 20.5 Å². The highest BCUT2D eigenvalue weighted by Gasteiger charge is 2.19. The number of fused-ring (bicyclic) bond motifs is 1. The van der Waals surface area contributed by atoms with Crippen LogP contribution in [0.4, 0.5) is 9.52 Å². The number of carbonyl (C=O) groups excluding carboxylic acids is 1. The molecule has 3 aromatic heterocycles. The smallest absolute Gasteiger partial charge is 0.302 e. The minimum atomic E-state index is -0.979. The van der Waals surface area contributed by atoms with Gasteiger partial charge < -0.3 is 5.32 Å². The minimum Gasteiger partial charge on any atom is -0.302 e. The molecule has 29 heavy (non-hydrogen) atoms. The second-order valence-corrected chi connectivity index (χ2v) is 7.49. The maximum atomic E-state index is 13.2.